The third-order valence-corrected chi connectivity index (χ3v) is 10.6. The zero-order valence-corrected chi connectivity index (χ0v) is 27.9. The van der Waals surface area contributed by atoms with Gasteiger partial charge in [0.1, 0.15) is 5.82 Å². The van der Waals surface area contributed by atoms with Gasteiger partial charge in [0.15, 0.2) is 0 Å². The summed E-state index contributed by atoms with van der Waals surface area (Å²) in [6.45, 7) is 12.9. The summed E-state index contributed by atoms with van der Waals surface area (Å²) in [5.41, 5.74) is 6.82. The molecule has 4 bridgehead atoms. The monoisotopic (exact) mass is 620 g/mol. The minimum atomic E-state index is 0.111. The Morgan fingerprint density at radius 2 is 1.78 bits per heavy atom. The number of anilines is 2. The molecular weight excluding hydrogens is 577 g/mol. The Morgan fingerprint density at radius 1 is 0.956 bits per heavy atom. The lowest BCUT2D eigenvalue weighted by Crippen LogP contribution is -2.39. The summed E-state index contributed by atoms with van der Waals surface area (Å²) in [5.74, 6) is 3.45. The molecule has 1 N–H and O–H groups in total. The van der Waals surface area contributed by atoms with Gasteiger partial charge in [-0.25, -0.2) is 9.97 Å². The topological polar surface area (TPSA) is 76.1 Å². The van der Waals surface area contributed by atoms with Crippen molar-refractivity contribution >= 4 is 23.7 Å². The van der Waals surface area contributed by atoms with Crippen LogP contribution in [0.25, 0.3) is 11.3 Å². The number of aromatic nitrogens is 4. The molecule has 4 atom stereocenters. The van der Waals surface area contributed by atoms with Crippen LogP contribution in [0.2, 0.25) is 0 Å². The number of benzene rings is 2. The number of nitrogens with one attached hydrogen (secondary N) is 1. The molecule has 0 radical (unpaired) electrons. The van der Waals surface area contributed by atoms with Crippen molar-refractivity contribution in [2.45, 2.75) is 83.6 Å². The van der Waals surface area contributed by atoms with Crippen molar-refractivity contribution in [2.75, 3.05) is 22.8 Å². The standard InChI is InChI=1S/C37H44N6OS/c1-23-8-6-9-24(2)35(23)31-18-34-41-36(40-31)42-45-29-11-7-10-26(16-29)30(27(22-44-34)19-37(3,4)5)17-28-20-38-21-33(39-28)43-15-14-25-12-13-32(25)43/h6-11,16,18,20-21,25,27,30,32H,12-15,17,19,22H2,1-5H3,(H,40,41,42). The molecular formula is C37H44N6OS. The summed E-state index contributed by atoms with van der Waals surface area (Å²) < 4.78 is 10.1. The van der Waals surface area contributed by atoms with Crippen LogP contribution < -0.4 is 14.4 Å². The molecule has 7 rings (SSSR count). The molecule has 2 aromatic heterocycles. The van der Waals surface area contributed by atoms with E-state index in [4.69, 9.17) is 24.7 Å². The number of hydrogen-bond donors (Lipinski definition) is 1. The van der Waals surface area contributed by atoms with E-state index in [0.29, 0.717) is 24.5 Å². The fraction of sp³-hybridized carbons (Fsp3) is 0.459. The quantitative estimate of drug-likeness (QED) is 0.223. The minimum Gasteiger partial charge on any atom is -0.477 e. The van der Waals surface area contributed by atoms with Crippen LogP contribution in [0.3, 0.4) is 0 Å². The van der Waals surface area contributed by atoms with Crippen LogP contribution in [0.1, 0.15) is 74.8 Å². The van der Waals surface area contributed by atoms with Crippen LogP contribution in [-0.4, -0.2) is 39.1 Å². The fourth-order valence-corrected chi connectivity index (χ4v) is 8.21. The lowest BCUT2D eigenvalue weighted by Gasteiger charge is -2.36. The first-order valence-electron chi connectivity index (χ1n) is 16.4. The normalized spacial score (nSPS) is 22.7. The van der Waals surface area contributed by atoms with Crippen molar-refractivity contribution in [3.63, 3.8) is 0 Å². The number of rotatable bonds is 5. The van der Waals surface area contributed by atoms with Gasteiger partial charge in [0.25, 0.3) is 0 Å². The molecule has 4 aromatic rings. The first-order chi connectivity index (χ1) is 21.7. The Bertz CT molecular complexity index is 1670. The molecule has 0 amide bonds. The maximum atomic E-state index is 6.65. The molecule has 8 heteroatoms. The molecule has 1 saturated carbocycles. The lowest BCUT2D eigenvalue weighted by atomic mass is 9.74. The van der Waals surface area contributed by atoms with Crippen LogP contribution in [0.15, 0.2) is 65.8 Å². The van der Waals surface area contributed by atoms with Crippen molar-refractivity contribution in [2.24, 2.45) is 17.3 Å². The van der Waals surface area contributed by atoms with E-state index < -0.39 is 0 Å². The van der Waals surface area contributed by atoms with Gasteiger partial charge in [-0.2, -0.15) is 4.98 Å². The predicted molar refractivity (Wildman–Crippen MR) is 183 cm³/mol. The fourth-order valence-electron chi connectivity index (χ4n) is 7.57. The highest BCUT2D eigenvalue weighted by atomic mass is 32.2. The molecule has 4 unspecified atom stereocenters. The Labute approximate surface area is 271 Å². The molecule has 2 fully saturated rings. The molecule has 2 aromatic carbocycles. The SMILES string of the molecule is Cc1cccc(C)c1-c1cc2nc(n1)NSc1cccc(c1)C(Cc1cncc(N3CCC4CCC43)n1)C(CC(C)(C)C)CO2. The third kappa shape index (κ3) is 6.53. The summed E-state index contributed by atoms with van der Waals surface area (Å²) in [5, 5.41) is 0. The summed E-state index contributed by atoms with van der Waals surface area (Å²) in [7, 11) is 0. The Hall–Kier alpha value is -3.65. The summed E-state index contributed by atoms with van der Waals surface area (Å²) in [6.07, 6.45) is 9.64. The number of hydrogen-bond acceptors (Lipinski definition) is 8. The maximum absolute atomic E-state index is 6.65. The molecule has 234 valence electrons. The highest BCUT2D eigenvalue weighted by Crippen LogP contribution is 2.43. The van der Waals surface area contributed by atoms with E-state index in [1.54, 1.807) is 11.9 Å². The van der Waals surface area contributed by atoms with Gasteiger partial charge in [-0.05, 0) is 104 Å². The van der Waals surface area contributed by atoms with Crippen LogP contribution in [0, 0.1) is 31.1 Å². The van der Waals surface area contributed by atoms with E-state index in [1.807, 2.05) is 18.5 Å². The van der Waals surface area contributed by atoms with Gasteiger partial charge < -0.3 is 9.64 Å². The predicted octanol–water partition coefficient (Wildman–Crippen LogP) is 8.43. The first kappa shape index (κ1) is 30.0. The Morgan fingerprint density at radius 3 is 2.53 bits per heavy atom. The van der Waals surface area contributed by atoms with Gasteiger partial charge in [-0.15, -0.1) is 0 Å². The zero-order valence-electron chi connectivity index (χ0n) is 27.1. The maximum Gasteiger partial charge on any atom is 0.237 e. The molecule has 0 spiro atoms. The van der Waals surface area contributed by atoms with E-state index >= 15 is 0 Å². The van der Waals surface area contributed by atoms with Gasteiger partial charge in [0, 0.05) is 41.2 Å². The van der Waals surface area contributed by atoms with Crippen molar-refractivity contribution < 1.29 is 4.74 Å². The summed E-state index contributed by atoms with van der Waals surface area (Å²) >= 11 is 1.54. The first-order valence-corrected chi connectivity index (χ1v) is 17.2. The molecule has 1 aliphatic carbocycles. The van der Waals surface area contributed by atoms with Gasteiger partial charge in [0.05, 0.1) is 24.2 Å². The van der Waals surface area contributed by atoms with E-state index in [-0.39, 0.29) is 17.3 Å². The smallest absolute Gasteiger partial charge is 0.237 e. The molecule has 4 heterocycles. The average Bonchev–Trinajstić information content (AvgIpc) is 3.29. The van der Waals surface area contributed by atoms with Crippen LogP contribution >= 0.6 is 11.9 Å². The second-order valence-electron chi connectivity index (χ2n) is 14.4. The zero-order chi connectivity index (χ0) is 31.1. The van der Waals surface area contributed by atoms with Gasteiger partial charge in [-0.3, -0.25) is 9.71 Å². The van der Waals surface area contributed by atoms with Crippen molar-refractivity contribution in [1.29, 1.82) is 0 Å². The second-order valence-corrected chi connectivity index (χ2v) is 15.2. The second kappa shape index (κ2) is 12.3. The van der Waals surface area contributed by atoms with Crippen molar-refractivity contribution in [1.82, 2.24) is 19.9 Å². The van der Waals surface area contributed by atoms with E-state index in [1.165, 1.54) is 36.0 Å². The number of aryl methyl sites for hydroxylation is 2. The Kier molecular flexibility index (Phi) is 8.19. The largest absolute Gasteiger partial charge is 0.477 e. The molecule has 1 saturated heterocycles. The summed E-state index contributed by atoms with van der Waals surface area (Å²) in [4.78, 5) is 23.3. The third-order valence-electron chi connectivity index (χ3n) is 9.79. The number of ether oxygens (including phenoxy) is 1. The highest BCUT2D eigenvalue weighted by Gasteiger charge is 2.41. The van der Waals surface area contributed by atoms with E-state index in [0.717, 1.165) is 53.0 Å². The number of nitrogens with zero attached hydrogens (tertiary/aromatic N) is 5. The van der Waals surface area contributed by atoms with Crippen molar-refractivity contribution in [3.05, 3.63) is 83.3 Å². The molecule has 45 heavy (non-hydrogen) atoms. The average molecular weight is 621 g/mol. The van der Waals surface area contributed by atoms with Gasteiger partial charge >= 0.3 is 0 Å². The minimum absolute atomic E-state index is 0.111. The van der Waals surface area contributed by atoms with Crippen molar-refractivity contribution in [3.8, 4) is 17.1 Å². The van der Waals surface area contributed by atoms with Crippen LogP contribution in [0.5, 0.6) is 5.88 Å². The molecule has 3 aliphatic rings. The Balaban J connectivity index is 1.25. The van der Waals surface area contributed by atoms with E-state index in [9.17, 15) is 0 Å². The molecule has 2 aliphatic heterocycles. The number of fused-ring (bicyclic) bond motifs is 5. The van der Waals surface area contributed by atoms with E-state index in [2.05, 4.69) is 86.7 Å². The van der Waals surface area contributed by atoms with Gasteiger partial charge in [-0.1, -0.05) is 51.1 Å². The van der Waals surface area contributed by atoms with Gasteiger partial charge in [0.2, 0.25) is 11.8 Å². The summed E-state index contributed by atoms with van der Waals surface area (Å²) in [6, 6.07) is 17.9. The molecule has 7 nitrogen and oxygen atoms in total. The highest BCUT2D eigenvalue weighted by molar-refractivity contribution is 8.00. The van der Waals surface area contributed by atoms with Crippen LogP contribution in [0.4, 0.5) is 11.8 Å². The lowest BCUT2D eigenvalue weighted by molar-refractivity contribution is 0.166. The van der Waals surface area contributed by atoms with Crippen LogP contribution in [-0.2, 0) is 6.42 Å².